The fraction of sp³-hybridized carbons (Fsp3) is 0.417. The molecule has 1 N–H and O–H groups in total. The van der Waals surface area contributed by atoms with E-state index in [2.05, 4.69) is 37.1 Å². The highest BCUT2D eigenvalue weighted by Gasteiger charge is 2.14. The topological polar surface area (TPSA) is 52.7 Å². The first kappa shape index (κ1) is 22.5. The van der Waals surface area contributed by atoms with Crippen LogP contribution in [0.25, 0.3) is 0 Å². The summed E-state index contributed by atoms with van der Waals surface area (Å²) in [5.74, 6) is -0.165. The molecular weight excluding hydrogens is 362 g/mol. The van der Waals surface area contributed by atoms with Gasteiger partial charge in [-0.1, -0.05) is 19.1 Å². The summed E-state index contributed by atoms with van der Waals surface area (Å²) >= 11 is 0. The van der Waals surface area contributed by atoms with Crippen LogP contribution >= 0.6 is 0 Å². The molecule has 0 saturated heterocycles. The van der Waals surface area contributed by atoms with Gasteiger partial charge in [0, 0.05) is 50.0 Å². The van der Waals surface area contributed by atoms with Crippen LogP contribution in [0.5, 0.6) is 0 Å². The molecule has 2 aromatic rings. The number of rotatable bonds is 9. The van der Waals surface area contributed by atoms with Gasteiger partial charge in [-0.15, -0.1) is 0 Å². The van der Waals surface area contributed by atoms with E-state index in [1.54, 1.807) is 4.90 Å². The number of anilines is 3. The number of nitrogens with one attached hydrogen (secondary N) is 1. The predicted molar refractivity (Wildman–Crippen MR) is 122 cm³/mol. The van der Waals surface area contributed by atoms with Gasteiger partial charge in [0.15, 0.2) is 0 Å². The van der Waals surface area contributed by atoms with Gasteiger partial charge >= 0.3 is 0 Å². The van der Waals surface area contributed by atoms with Crippen LogP contribution in [0.4, 0.5) is 17.1 Å². The van der Waals surface area contributed by atoms with E-state index in [1.165, 1.54) is 12.5 Å². The van der Waals surface area contributed by atoms with Crippen molar-refractivity contribution in [1.29, 1.82) is 0 Å². The average Bonchev–Trinajstić information content (AvgIpc) is 2.71. The number of benzene rings is 2. The molecule has 0 aromatic heterocycles. The Hall–Kier alpha value is -2.82. The molecule has 0 radical (unpaired) electrons. The number of hydrogen-bond donors (Lipinski definition) is 1. The molecule has 29 heavy (non-hydrogen) atoms. The first-order chi connectivity index (χ1) is 13.9. The second-order valence-corrected chi connectivity index (χ2v) is 7.16. The van der Waals surface area contributed by atoms with Crippen LogP contribution < -0.4 is 15.1 Å². The summed E-state index contributed by atoms with van der Waals surface area (Å²) in [6.07, 6.45) is 1.20. The van der Waals surface area contributed by atoms with E-state index in [9.17, 15) is 9.59 Å². The summed E-state index contributed by atoms with van der Waals surface area (Å²) in [7, 11) is 0. The molecule has 0 unspecified atom stereocenters. The lowest BCUT2D eigenvalue weighted by molar-refractivity contribution is -0.117. The van der Waals surface area contributed by atoms with Crippen LogP contribution in [0.3, 0.4) is 0 Å². The zero-order chi connectivity index (χ0) is 21.4. The summed E-state index contributed by atoms with van der Waals surface area (Å²) in [5.41, 5.74) is 5.04. The SMILES string of the molecule is CCc1ccc(N(CCC(=O)Nc2ccc(N(CC)CC)cc2C)C(C)=O)cc1. The Morgan fingerprint density at radius 2 is 1.55 bits per heavy atom. The standard InChI is InChI=1S/C24H33N3O2/c1-6-20-9-11-21(12-10-20)27(19(5)28)16-15-24(29)25-23-14-13-22(17-18(23)4)26(7-2)8-3/h9-14,17H,6-8,15-16H2,1-5H3,(H,25,29). The maximum absolute atomic E-state index is 12.5. The number of aryl methyl sites for hydroxylation is 2. The Balaban J connectivity index is 2.01. The minimum Gasteiger partial charge on any atom is -0.372 e. The van der Waals surface area contributed by atoms with Gasteiger partial charge in [0.25, 0.3) is 0 Å². The van der Waals surface area contributed by atoms with Crippen molar-refractivity contribution in [2.45, 2.75) is 47.5 Å². The Kier molecular flexibility index (Phi) is 8.25. The fourth-order valence-corrected chi connectivity index (χ4v) is 3.38. The van der Waals surface area contributed by atoms with E-state index in [4.69, 9.17) is 0 Å². The van der Waals surface area contributed by atoms with Crippen LogP contribution in [-0.2, 0) is 16.0 Å². The molecule has 2 rings (SSSR count). The smallest absolute Gasteiger partial charge is 0.226 e. The summed E-state index contributed by atoms with van der Waals surface area (Å²) in [6, 6.07) is 14.0. The Labute approximate surface area is 174 Å². The third-order valence-electron chi connectivity index (χ3n) is 5.21. The van der Waals surface area contributed by atoms with E-state index >= 15 is 0 Å². The molecule has 0 aliphatic carbocycles. The van der Waals surface area contributed by atoms with Gasteiger partial charge in [-0.05, 0) is 68.7 Å². The van der Waals surface area contributed by atoms with E-state index in [-0.39, 0.29) is 18.2 Å². The van der Waals surface area contributed by atoms with Gasteiger partial charge in [0.2, 0.25) is 11.8 Å². The van der Waals surface area contributed by atoms with Crippen molar-refractivity contribution >= 4 is 28.9 Å². The number of carbonyl (C=O) groups excluding carboxylic acids is 2. The van der Waals surface area contributed by atoms with Crippen LogP contribution in [0.2, 0.25) is 0 Å². The molecule has 5 heteroatoms. The van der Waals surface area contributed by atoms with Gasteiger partial charge in [0.05, 0.1) is 0 Å². The summed E-state index contributed by atoms with van der Waals surface area (Å²) < 4.78 is 0. The van der Waals surface area contributed by atoms with Gasteiger partial charge < -0.3 is 15.1 Å². The van der Waals surface area contributed by atoms with Crippen molar-refractivity contribution < 1.29 is 9.59 Å². The minimum absolute atomic E-state index is 0.0678. The number of amides is 2. The molecule has 0 fully saturated rings. The molecule has 0 spiro atoms. The second-order valence-electron chi connectivity index (χ2n) is 7.16. The van der Waals surface area contributed by atoms with Crippen molar-refractivity contribution in [3.05, 3.63) is 53.6 Å². The van der Waals surface area contributed by atoms with E-state index in [0.29, 0.717) is 6.54 Å². The van der Waals surface area contributed by atoms with Crippen LogP contribution in [0, 0.1) is 6.92 Å². The lowest BCUT2D eigenvalue weighted by Gasteiger charge is -2.23. The van der Waals surface area contributed by atoms with Crippen LogP contribution in [0.15, 0.2) is 42.5 Å². The van der Waals surface area contributed by atoms with Crippen molar-refractivity contribution in [2.24, 2.45) is 0 Å². The Morgan fingerprint density at radius 3 is 2.07 bits per heavy atom. The third-order valence-corrected chi connectivity index (χ3v) is 5.21. The largest absolute Gasteiger partial charge is 0.372 e. The Morgan fingerprint density at radius 1 is 0.931 bits per heavy atom. The Bertz CT molecular complexity index is 827. The maximum atomic E-state index is 12.5. The molecule has 5 nitrogen and oxygen atoms in total. The molecule has 0 saturated carbocycles. The third kappa shape index (κ3) is 6.08. The molecule has 0 heterocycles. The predicted octanol–water partition coefficient (Wildman–Crippen LogP) is 4.79. The summed E-state index contributed by atoms with van der Waals surface area (Å²) in [4.78, 5) is 28.5. The first-order valence-corrected chi connectivity index (χ1v) is 10.4. The van der Waals surface area contributed by atoms with Gasteiger partial charge in [-0.3, -0.25) is 9.59 Å². The van der Waals surface area contributed by atoms with E-state index in [1.807, 2.05) is 43.3 Å². The summed E-state index contributed by atoms with van der Waals surface area (Å²) in [6.45, 7) is 12.1. The lowest BCUT2D eigenvalue weighted by atomic mass is 10.1. The maximum Gasteiger partial charge on any atom is 0.226 e. The zero-order valence-corrected chi connectivity index (χ0v) is 18.3. The number of hydrogen-bond acceptors (Lipinski definition) is 3. The highest BCUT2D eigenvalue weighted by molar-refractivity contribution is 5.95. The normalized spacial score (nSPS) is 10.5. The summed E-state index contributed by atoms with van der Waals surface area (Å²) in [5, 5.41) is 2.98. The lowest BCUT2D eigenvalue weighted by Crippen LogP contribution is -2.32. The van der Waals surface area contributed by atoms with Crippen LogP contribution in [-0.4, -0.2) is 31.4 Å². The van der Waals surface area contributed by atoms with Crippen molar-refractivity contribution in [1.82, 2.24) is 0 Å². The highest BCUT2D eigenvalue weighted by Crippen LogP contribution is 2.23. The molecule has 2 amide bonds. The molecule has 0 bridgehead atoms. The van der Waals surface area contributed by atoms with Crippen molar-refractivity contribution in [3.8, 4) is 0 Å². The second kappa shape index (κ2) is 10.6. The molecule has 0 atom stereocenters. The monoisotopic (exact) mass is 395 g/mol. The van der Waals surface area contributed by atoms with Gasteiger partial charge in [-0.25, -0.2) is 0 Å². The molecule has 156 valence electrons. The first-order valence-electron chi connectivity index (χ1n) is 10.4. The highest BCUT2D eigenvalue weighted by atomic mass is 16.2. The quantitative estimate of drug-likeness (QED) is 0.664. The molecule has 0 aliphatic rings. The fourth-order valence-electron chi connectivity index (χ4n) is 3.38. The van der Waals surface area contributed by atoms with E-state index in [0.717, 1.165) is 42.1 Å². The van der Waals surface area contributed by atoms with Crippen LogP contribution in [0.1, 0.15) is 45.2 Å². The minimum atomic E-state index is -0.0971. The van der Waals surface area contributed by atoms with Gasteiger partial charge in [0.1, 0.15) is 0 Å². The average molecular weight is 396 g/mol. The zero-order valence-electron chi connectivity index (χ0n) is 18.3. The molecular formula is C24H33N3O2. The van der Waals surface area contributed by atoms with Crippen molar-refractivity contribution in [2.75, 3.05) is 34.8 Å². The molecule has 0 aliphatic heterocycles. The van der Waals surface area contributed by atoms with Crippen molar-refractivity contribution in [3.63, 3.8) is 0 Å². The van der Waals surface area contributed by atoms with Gasteiger partial charge in [-0.2, -0.15) is 0 Å². The molecule has 2 aromatic carbocycles. The van der Waals surface area contributed by atoms with E-state index < -0.39 is 0 Å². The number of nitrogens with zero attached hydrogens (tertiary/aromatic N) is 2. The number of carbonyl (C=O) groups is 2.